The second-order valence-corrected chi connectivity index (χ2v) is 4.58. The molecule has 0 saturated carbocycles. The van der Waals surface area contributed by atoms with Gasteiger partial charge < -0.3 is 19.5 Å². The zero-order valence-corrected chi connectivity index (χ0v) is 12.8. The molecule has 21 heavy (non-hydrogen) atoms. The summed E-state index contributed by atoms with van der Waals surface area (Å²) in [6.45, 7) is 0. The van der Waals surface area contributed by atoms with Gasteiger partial charge in [-0.2, -0.15) is 0 Å². The fourth-order valence-electron chi connectivity index (χ4n) is 2.43. The van der Waals surface area contributed by atoms with Gasteiger partial charge in [-0.05, 0) is 18.7 Å². The maximum absolute atomic E-state index is 5.52. The Morgan fingerprint density at radius 1 is 0.810 bits per heavy atom. The Balaban J connectivity index is 2.54. The average Bonchev–Trinajstić information content (AvgIpc) is 2.56. The van der Waals surface area contributed by atoms with E-state index in [9.17, 15) is 0 Å². The first-order valence-corrected chi connectivity index (χ1v) is 6.77. The summed E-state index contributed by atoms with van der Waals surface area (Å²) in [6, 6.07) is 14.0. The lowest BCUT2D eigenvalue weighted by molar-refractivity contribution is 0.346. The summed E-state index contributed by atoms with van der Waals surface area (Å²) in [5.41, 5.74) is 2.16. The van der Waals surface area contributed by atoms with E-state index in [1.54, 1.807) is 21.3 Å². The third-order valence-corrected chi connectivity index (χ3v) is 3.47. The molecule has 0 spiro atoms. The van der Waals surface area contributed by atoms with Crippen LogP contribution < -0.4 is 19.5 Å². The topological polar surface area (TPSA) is 39.7 Å². The van der Waals surface area contributed by atoms with Crippen LogP contribution in [0.3, 0.4) is 0 Å². The molecule has 4 nitrogen and oxygen atoms in total. The number of rotatable bonds is 6. The van der Waals surface area contributed by atoms with Crippen LogP contribution in [0.4, 0.5) is 0 Å². The van der Waals surface area contributed by atoms with Gasteiger partial charge in [0.1, 0.15) is 5.75 Å². The minimum Gasteiger partial charge on any atom is -0.496 e. The monoisotopic (exact) mass is 287 g/mol. The predicted molar refractivity (Wildman–Crippen MR) is 83.4 cm³/mol. The standard InChI is InChI=1S/C17H21NO3/c1-18-17(12-8-6-5-7-9-12)13-10-15(20-3)16(21-4)11-14(13)19-2/h5-11,17-18H,1-4H3. The van der Waals surface area contributed by atoms with Gasteiger partial charge in [-0.15, -0.1) is 0 Å². The van der Waals surface area contributed by atoms with Crippen molar-refractivity contribution in [2.45, 2.75) is 6.04 Å². The molecular weight excluding hydrogens is 266 g/mol. The molecular formula is C17H21NO3. The van der Waals surface area contributed by atoms with Crippen molar-refractivity contribution >= 4 is 0 Å². The first-order valence-electron chi connectivity index (χ1n) is 6.77. The highest BCUT2D eigenvalue weighted by atomic mass is 16.5. The highest BCUT2D eigenvalue weighted by Gasteiger charge is 2.20. The molecule has 2 rings (SSSR count). The van der Waals surface area contributed by atoms with Crippen molar-refractivity contribution in [2.75, 3.05) is 28.4 Å². The summed E-state index contributed by atoms with van der Waals surface area (Å²) in [5, 5.41) is 3.32. The van der Waals surface area contributed by atoms with Crippen LogP contribution in [0.25, 0.3) is 0 Å². The first kappa shape index (κ1) is 15.2. The molecule has 0 aliphatic rings. The van der Waals surface area contributed by atoms with Gasteiger partial charge in [0.05, 0.1) is 27.4 Å². The Labute approximate surface area is 125 Å². The molecule has 2 aromatic carbocycles. The lowest BCUT2D eigenvalue weighted by Gasteiger charge is -2.21. The average molecular weight is 287 g/mol. The highest BCUT2D eigenvalue weighted by Crippen LogP contribution is 2.39. The summed E-state index contributed by atoms with van der Waals surface area (Å²) < 4.78 is 16.2. The van der Waals surface area contributed by atoms with Crippen molar-refractivity contribution in [2.24, 2.45) is 0 Å². The van der Waals surface area contributed by atoms with Gasteiger partial charge in [0.25, 0.3) is 0 Å². The molecule has 1 unspecified atom stereocenters. The Bertz CT molecular complexity index is 584. The smallest absolute Gasteiger partial charge is 0.164 e. The Morgan fingerprint density at radius 3 is 1.90 bits per heavy atom. The predicted octanol–water partition coefficient (Wildman–Crippen LogP) is 3.02. The van der Waals surface area contributed by atoms with E-state index < -0.39 is 0 Å². The Kier molecular flexibility index (Phi) is 5.06. The van der Waals surface area contributed by atoms with Crippen LogP contribution in [0.15, 0.2) is 42.5 Å². The highest BCUT2D eigenvalue weighted by molar-refractivity contribution is 5.53. The van der Waals surface area contributed by atoms with Crippen molar-refractivity contribution in [3.8, 4) is 17.2 Å². The van der Waals surface area contributed by atoms with Gasteiger partial charge in [0.15, 0.2) is 11.5 Å². The molecule has 0 aliphatic carbocycles. The van der Waals surface area contributed by atoms with Gasteiger partial charge in [-0.1, -0.05) is 30.3 Å². The van der Waals surface area contributed by atoms with Crippen molar-refractivity contribution in [1.29, 1.82) is 0 Å². The zero-order chi connectivity index (χ0) is 15.2. The second kappa shape index (κ2) is 6.99. The molecule has 2 aromatic rings. The number of hydrogen-bond donors (Lipinski definition) is 1. The third-order valence-electron chi connectivity index (χ3n) is 3.47. The Morgan fingerprint density at radius 2 is 1.38 bits per heavy atom. The first-order chi connectivity index (χ1) is 10.2. The maximum atomic E-state index is 5.52. The van der Waals surface area contributed by atoms with Crippen LogP contribution in [0.2, 0.25) is 0 Å². The largest absolute Gasteiger partial charge is 0.496 e. The number of nitrogens with one attached hydrogen (secondary N) is 1. The lowest BCUT2D eigenvalue weighted by atomic mass is 9.97. The summed E-state index contributed by atoms with van der Waals surface area (Å²) >= 11 is 0. The molecule has 0 heterocycles. The normalized spacial score (nSPS) is 11.8. The van der Waals surface area contributed by atoms with Gasteiger partial charge in [0, 0.05) is 11.6 Å². The van der Waals surface area contributed by atoms with E-state index in [0.29, 0.717) is 11.5 Å². The van der Waals surface area contributed by atoms with E-state index >= 15 is 0 Å². The molecule has 0 aliphatic heterocycles. The molecule has 0 radical (unpaired) electrons. The lowest BCUT2D eigenvalue weighted by Crippen LogP contribution is -2.18. The number of hydrogen-bond acceptors (Lipinski definition) is 4. The molecule has 0 saturated heterocycles. The number of benzene rings is 2. The van der Waals surface area contributed by atoms with E-state index in [0.717, 1.165) is 16.9 Å². The molecule has 0 bridgehead atoms. The molecule has 1 atom stereocenters. The van der Waals surface area contributed by atoms with E-state index in [4.69, 9.17) is 14.2 Å². The number of methoxy groups -OCH3 is 3. The second-order valence-electron chi connectivity index (χ2n) is 4.58. The van der Waals surface area contributed by atoms with Crippen LogP contribution in [0.5, 0.6) is 17.2 Å². The summed E-state index contributed by atoms with van der Waals surface area (Å²) in [4.78, 5) is 0. The molecule has 112 valence electrons. The fraction of sp³-hybridized carbons (Fsp3) is 0.294. The minimum absolute atomic E-state index is 0.0148. The SMILES string of the molecule is CNC(c1ccccc1)c1cc(OC)c(OC)cc1OC. The number of ether oxygens (including phenoxy) is 3. The van der Waals surface area contributed by atoms with Crippen LogP contribution in [0.1, 0.15) is 17.2 Å². The van der Waals surface area contributed by atoms with Crippen molar-refractivity contribution in [1.82, 2.24) is 5.32 Å². The summed E-state index contributed by atoms with van der Waals surface area (Å²) in [7, 11) is 6.82. The fourth-order valence-corrected chi connectivity index (χ4v) is 2.43. The summed E-state index contributed by atoms with van der Waals surface area (Å²) in [5.74, 6) is 2.10. The Hall–Kier alpha value is -2.20. The van der Waals surface area contributed by atoms with Crippen LogP contribution in [-0.4, -0.2) is 28.4 Å². The van der Waals surface area contributed by atoms with Crippen LogP contribution in [0, 0.1) is 0 Å². The molecule has 1 N–H and O–H groups in total. The summed E-state index contributed by atoms with van der Waals surface area (Å²) in [6.07, 6.45) is 0. The van der Waals surface area contributed by atoms with Crippen molar-refractivity contribution in [3.63, 3.8) is 0 Å². The van der Waals surface area contributed by atoms with Crippen molar-refractivity contribution in [3.05, 3.63) is 53.6 Å². The van der Waals surface area contributed by atoms with Gasteiger partial charge >= 0.3 is 0 Å². The van der Waals surface area contributed by atoms with Crippen LogP contribution >= 0.6 is 0 Å². The van der Waals surface area contributed by atoms with Gasteiger partial charge in [-0.3, -0.25) is 0 Å². The van der Waals surface area contributed by atoms with Gasteiger partial charge in [0.2, 0.25) is 0 Å². The molecule has 0 amide bonds. The maximum Gasteiger partial charge on any atom is 0.164 e. The molecule has 4 heteroatoms. The van der Waals surface area contributed by atoms with Gasteiger partial charge in [-0.25, -0.2) is 0 Å². The molecule has 0 fully saturated rings. The van der Waals surface area contributed by atoms with E-state index in [1.165, 1.54) is 0 Å². The molecule has 0 aromatic heterocycles. The van der Waals surface area contributed by atoms with Crippen LogP contribution in [-0.2, 0) is 0 Å². The van der Waals surface area contributed by atoms with Crippen molar-refractivity contribution < 1.29 is 14.2 Å². The van der Waals surface area contributed by atoms with E-state index in [2.05, 4.69) is 17.4 Å². The third kappa shape index (κ3) is 3.11. The zero-order valence-electron chi connectivity index (χ0n) is 12.8. The quantitative estimate of drug-likeness (QED) is 0.886. The van der Waals surface area contributed by atoms with E-state index in [-0.39, 0.29) is 6.04 Å². The van der Waals surface area contributed by atoms with E-state index in [1.807, 2.05) is 37.4 Å². The minimum atomic E-state index is 0.0148.